The lowest BCUT2D eigenvalue weighted by atomic mass is 9.91. The van der Waals surface area contributed by atoms with E-state index in [1.165, 1.54) is 6.42 Å². The maximum absolute atomic E-state index is 12.2. The molecule has 2 aromatic heterocycles. The van der Waals surface area contributed by atoms with Crippen molar-refractivity contribution in [1.82, 2.24) is 14.7 Å². The van der Waals surface area contributed by atoms with E-state index in [4.69, 9.17) is 0 Å². The zero-order valence-corrected chi connectivity index (χ0v) is 14.5. The van der Waals surface area contributed by atoms with Crippen molar-refractivity contribution in [2.45, 2.75) is 38.6 Å². The standard InChI is InChI=1S/C18H23N3O2S/c22-24(23,14-15-5-2-1-3-6-15)21-12-16-8-9-18(20-11-16)17-7-4-10-19-13-17/h4,7-11,13,15,21H,1-3,5-6,12,14H2. The maximum atomic E-state index is 12.2. The van der Waals surface area contributed by atoms with Crippen LogP contribution in [0, 0.1) is 5.92 Å². The summed E-state index contributed by atoms with van der Waals surface area (Å²) in [5.74, 6) is 0.552. The van der Waals surface area contributed by atoms with Crippen molar-refractivity contribution < 1.29 is 8.42 Å². The van der Waals surface area contributed by atoms with Crippen molar-refractivity contribution in [2.24, 2.45) is 5.92 Å². The number of nitrogens with zero attached hydrogens (tertiary/aromatic N) is 2. The normalized spacial score (nSPS) is 16.2. The van der Waals surface area contributed by atoms with E-state index in [1.807, 2.05) is 24.3 Å². The molecule has 1 fully saturated rings. The van der Waals surface area contributed by atoms with Gasteiger partial charge in [0, 0.05) is 30.7 Å². The maximum Gasteiger partial charge on any atom is 0.212 e. The van der Waals surface area contributed by atoms with E-state index in [9.17, 15) is 8.42 Å². The number of rotatable bonds is 6. The van der Waals surface area contributed by atoms with E-state index in [-0.39, 0.29) is 12.3 Å². The van der Waals surface area contributed by atoms with Gasteiger partial charge in [-0.1, -0.05) is 25.3 Å². The molecule has 24 heavy (non-hydrogen) atoms. The largest absolute Gasteiger partial charge is 0.264 e. The lowest BCUT2D eigenvalue weighted by Crippen LogP contribution is -2.30. The van der Waals surface area contributed by atoms with Gasteiger partial charge in [0.1, 0.15) is 0 Å². The highest BCUT2D eigenvalue weighted by Gasteiger charge is 2.21. The van der Waals surface area contributed by atoms with Gasteiger partial charge >= 0.3 is 0 Å². The predicted molar refractivity (Wildman–Crippen MR) is 94.7 cm³/mol. The monoisotopic (exact) mass is 345 g/mol. The van der Waals surface area contributed by atoms with Crippen molar-refractivity contribution in [1.29, 1.82) is 0 Å². The average molecular weight is 345 g/mol. The molecule has 1 aliphatic rings. The van der Waals surface area contributed by atoms with E-state index < -0.39 is 10.0 Å². The van der Waals surface area contributed by atoms with E-state index in [1.54, 1.807) is 18.6 Å². The van der Waals surface area contributed by atoms with Crippen LogP contribution in [0.15, 0.2) is 42.9 Å². The minimum Gasteiger partial charge on any atom is -0.264 e. The summed E-state index contributed by atoms with van der Waals surface area (Å²) in [6, 6.07) is 7.60. The van der Waals surface area contributed by atoms with Gasteiger partial charge in [-0.3, -0.25) is 9.97 Å². The van der Waals surface area contributed by atoms with Crippen LogP contribution in [0.3, 0.4) is 0 Å². The van der Waals surface area contributed by atoms with Gasteiger partial charge in [-0.05, 0) is 42.5 Å². The highest BCUT2D eigenvalue weighted by molar-refractivity contribution is 7.89. The van der Waals surface area contributed by atoms with Crippen molar-refractivity contribution in [3.8, 4) is 11.3 Å². The van der Waals surface area contributed by atoms with Gasteiger partial charge in [-0.15, -0.1) is 0 Å². The molecule has 0 spiro atoms. The highest BCUT2D eigenvalue weighted by Crippen LogP contribution is 2.24. The molecular weight excluding hydrogens is 322 g/mol. The molecule has 5 nitrogen and oxygen atoms in total. The molecule has 1 N–H and O–H groups in total. The molecule has 0 aromatic carbocycles. The fourth-order valence-electron chi connectivity index (χ4n) is 3.13. The molecule has 0 radical (unpaired) electrons. The Morgan fingerprint density at radius 2 is 1.92 bits per heavy atom. The first-order chi connectivity index (χ1) is 11.6. The van der Waals surface area contributed by atoms with Crippen molar-refractivity contribution in [2.75, 3.05) is 5.75 Å². The van der Waals surface area contributed by atoms with Crippen molar-refractivity contribution in [3.05, 3.63) is 48.4 Å². The third kappa shape index (κ3) is 4.85. The highest BCUT2D eigenvalue weighted by atomic mass is 32.2. The van der Waals surface area contributed by atoms with E-state index in [0.717, 1.165) is 42.5 Å². The van der Waals surface area contributed by atoms with Crippen LogP contribution in [0.4, 0.5) is 0 Å². The zero-order valence-electron chi connectivity index (χ0n) is 13.7. The molecule has 128 valence electrons. The Kier molecular flexibility index (Phi) is 5.58. The summed E-state index contributed by atoms with van der Waals surface area (Å²) in [7, 11) is -3.23. The second-order valence-electron chi connectivity index (χ2n) is 6.40. The lowest BCUT2D eigenvalue weighted by Gasteiger charge is -2.21. The number of pyridine rings is 2. The molecule has 6 heteroatoms. The molecule has 3 rings (SSSR count). The summed E-state index contributed by atoms with van der Waals surface area (Å²) in [6.45, 7) is 0.287. The van der Waals surface area contributed by atoms with Crippen LogP contribution in [0.1, 0.15) is 37.7 Å². The van der Waals surface area contributed by atoms with Crippen molar-refractivity contribution >= 4 is 10.0 Å². The second kappa shape index (κ2) is 7.85. The molecule has 0 bridgehead atoms. The molecule has 0 atom stereocenters. The van der Waals surface area contributed by atoms with Gasteiger partial charge in [0.05, 0.1) is 11.4 Å². The van der Waals surface area contributed by atoms with Crippen LogP contribution < -0.4 is 4.72 Å². The molecule has 0 aliphatic heterocycles. The first-order valence-corrected chi connectivity index (χ1v) is 10.1. The average Bonchev–Trinajstić information content (AvgIpc) is 2.62. The quantitative estimate of drug-likeness (QED) is 0.873. The Labute approximate surface area is 143 Å². The number of nitrogens with one attached hydrogen (secondary N) is 1. The summed E-state index contributed by atoms with van der Waals surface area (Å²) < 4.78 is 27.1. The SMILES string of the molecule is O=S(=O)(CC1CCCCC1)NCc1ccc(-c2cccnc2)nc1. The van der Waals surface area contributed by atoms with Gasteiger partial charge in [-0.2, -0.15) is 0 Å². The summed E-state index contributed by atoms with van der Waals surface area (Å²) in [5, 5.41) is 0. The molecule has 2 heterocycles. The Bertz CT molecular complexity index is 740. The summed E-state index contributed by atoms with van der Waals surface area (Å²) >= 11 is 0. The zero-order chi connectivity index (χ0) is 16.8. The first kappa shape index (κ1) is 17.0. The Morgan fingerprint density at radius 1 is 1.08 bits per heavy atom. The van der Waals surface area contributed by atoms with Crippen LogP contribution in [-0.2, 0) is 16.6 Å². The van der Waals surface area contributed by atoms with Crippen LogP contribution in [-0.4, -0.2) is 24.1 Å². The molecule has 1 saturated carbocycles. The number of hydrogen-bond donors (Lipinski definition) is 1. The third-order valence-corrected chi connectivity index (χ3v) is 5.95. The van der Waals surface area contributed by atoms with Crippen molar-refractivity contribution in [3.63, 3.8) is 0 Å². The topological polar surface area (TPSA) is 72.0 Å². The lowest BCUT2D eigenvalue weighted by molar-refractivity contribution is 0.384. The van der Waals surface area contributed by atoms with Crippen LogP contribution in [0.2, 0.25) is 0 Å². The van der Waals surface area contributed by atoms with Crippen LogP contribution >= 0.6 is 0 Å². The summed E-state index contributed by atoms with van der Waals surface area (Å²) in [4.78, 5) is 8.47. The third-order valence-electron chi connectivity index (χ3n) is 4.46. The smallest absolute Gasteiger partial charge is 0.212 e. The Balaban J connectivity index is 1.56. The molecule has 0 saturated heterocycles. The van der Waals surface area contributed by atoms with E-state index in [2.05, 4.69) is 14.7 Å². The van der Waals surface area contributed by atoms with E-state index in [0.29, 0.717) is 5.92 Å². The van der Waals surface area contributed by atoms with Gasteiger partial charge in [-0.25, -0.2) is 13.1 Å². The Morgan fingerprint density at radius 3 is 2.58 bits per heavy atom. The van der Waals surface area contributed by atoms with Crippen LogP contribution in [0.5, 0.6) is 0 Å². The summed E-state index contributed by atoms with van der Waals surface area (Å²) in [5.41, 5.74) is 2.63. The summed E-state index contributed by atoms with van der Waals surface area (Å²) in [6.07, 6.45) is 10.8. The predicted octanol–water partition coefficient (Wildman–Crippen LogP) is 3.14. The number of aromatic nitrogens is 2. The molecule has 0 amide bonds. The van der Waals surface area contributed by atoms with Gasteiger partial charge in [0.25, 0.3) is 0 Å². The molecule has 1 aliphatic carbocycles. The minimum absolute atomic E-state index is 0.244. The molecular formula is C18H23N3O2S. The molecule has 2 aromatic rings. The number of sulfonamides is 1. The molecule has 0 unspecified atom stereocenters. The fourth-order valence-corrected chi connectivity index (χ4v) is 4.59. The second-order valence-corrected chi connectivity index (χ2v) is 8.25. The van der Waals surface area contributed by atoms with Gasteiger partial charge in [0.2, 0.25) is 10.0 Å². The van der Waals surface area contributed by atoms with Gasteiger partial charge < -0.3 is 0 Å². The fraction of sp³-hybridized carbons (Fsp3) is 0.444. The van der Waals surface area contributed by atoms with Gasteiger partial charge in [0.15, 0.2) is 0 Å². The van der Waals surface area contributed by atoms with Crippen LogP contribution in [0.25, 0.3) is 11.3 Å². The Hall–Kier alpha value is -1.79. The van der Waals surface area contributed by atoms with E-state index >= 15 is 0 Å². The first-order valence-electron chi connectivity index (χ1n) is 8.45. The minimum atomic E-state index is -3.23. The number of hydrogen-bond acceptors (Lipinski definition) is 4.